The third kappa shape index (κ3) is 0.884. The summed E-state index contributed by atoms with van der Waals surface area (Å²) in [7, 11) is 0. The first kappa shape index (κ1) is 8.04. The van der Waals surface area contributed by atoms with Gasteiger partial charge in [0, 0.05) is 6.04 Å². The van der Waals surface area contributed by atoms with Crippen molar-refractivity contribution in [3.8, 4) is 0 Å². The molecule has 1 aliphatic heterocycles. The summed E-state index contributed by atoms with van der Waals surface area (Å²) in [4.78, 5) is 11.8. The van der Waals surface area contributed by atoms with Crippen molar-refractivity contribution in [2.45, 2.75) is 30.7 Å². The molecule has 2 bridgehead atoms. The van der Waals surface area contributed by atoms with Crippen LogP contribution in [0.5, 0.6) is 0 Å². The highest BCUT2D eigenvalue weighted by atomic mass is 16.2. The highest BCUT2D eigenvalue weighted by Crippen LogP contribution is 2.45. The lowest BCUT2D eigenvalue weighted by Gasteiger charge is -2.24. The molecule has 2 fully saturated rings. The molecule has 2 heteroatoms. The zero-order valence-electron chi connectivity index (χ0n) is 7.99. The average molecular weight is 187 g/mol. The van der Waals surface area contributed by atoms with Gasteiger partial charge in [0.2, 0.25) is 5.91 Å². The second-order valence-corrected chi connectivity index (χ2v) is 4.36. The molecule has 1 saturated heterocycles. The number of rotatable bonds is 1. The maximum Gasteiger partial charge on any atom is 0.230 e. The van der Waals surface area contributed by atoms with Crippen molar-refractivity contribution in [2.24, 2.45) is 0 Å². The predicted octanol–water partition coefficient (Wildman–Crippen LogP) is 1.61. The number of piperidine rings is 1. The number of carbonyl (C=O) groups excluding carboxylic acids is 1. The first-order valence-corrected chi connectivity index (χ1v) is 5.18. The van der Waals surface area contributed by atoms with E-state index in [4.69, 9.17) is 0 Å². The average Bonchev–Trinajstić information content (AvgIpc) is 2.77. The molecule has 1 aliphatic carbocycles. The summed E-state index contributed by atoms with van der Waals surface area (Å²) in [6, 6.07) is 10.6. The molecule has 2 atom stereocenters. The number of fused-ring (bicyclic) bond motifs is 2. The summed E-state index contributed by atoms with van der Waals surface area (Å²) < 4.78 is 0. The quantitative estimate of drug-likeness (QED) is 0.711. The van der Waals surface area contributed by atoms with Gasteiger partial charge >= 0.3 is 0 Å². The second kappa shape index (κ2) is 2.59. The van der Waals surface area contributed by atoms with Gasteiger partial charge in [-0.25, -0.2) is 0 Å². The van der Waals surface area contributed by atoms with E-state index < -0.39 is 0 Å². The van der Waals surface area contributed by atoms with Gasteiger partial charge in [0.25, 0.3) is 0 Å². The van der Waals surface area contributed by atoms with Crippen molar-refractivity contribution in [3.05, 3.63) is 35.9 Å². The van der Waals surface area contributed by atoms with E-state index in [2.05, 4.69) is 17.4 Å². The smallest absolute Gasteiger partial charge is 0.230 e. The fraction of sp³-hybridized carbons (Fsp3) is 0.417. The Labute approximate surface area is 83.3 Å². The van der Waals surface area contributed by atoms with E-state index >= 15 is 0 Å². The molecule has 1 amide bonds. The van der Waals surface area contributed by atoms with E-state index in [1.54, 1.807) is 0 Å². The Morgan fingerprint density at radius 1 is 1.29 bits per heavy atom. The van der Waals surface area contributed by atoms with Gasteiger partial charge in [-0.05, 0) is 24.8 Å². The molecule has 1 N–H and O–H groups in total. The van der Waals surface area contributed by atoms with Crippen molar-refractivity contribution in [2.75, 3.05) is 0 Å². The maximum atomic E-state index is 11.8. The molecule has 1 heterocycles. The van der Waals surface area contributed by atoms with Gasteiger partial charge in [0.05, 0.1) is 5.41 Å². The van der Waals surface area contributed by atoms with E-state index in [1.807, 2.05) is 18.2 Å². The van der Waals surface area contributed by atoms with Crippen molar-refractivity contribution < 1.29 is 4.79 Å². The van der Waals surface area contributed by atoms with Crippen LogP contribution in [0.25, 0.3) is 0 Å². The third-order valence-corrected chi connectivity index (χ3v) is 3.61. The molecule has 1 aromatic carbocycles. The largest absolute Gasteiger partial charge is 0.353 e. The number of carbonyl (C=O) groups is 1. The molecule has 0 radical (unpaired) electrons. The van der Waals surface area contributed by atoms with Crippen LogP contribution in [-0.2, 0) is 10.2 Å². The number of benzene rings is 1. The maximum absolute atomic E-state index is 11.8. The SMILES string of the molecule is O=C1NC2CCC1(c1ccccc1)C2. The molecular formula is C12H13NO. The number of hydrogen-bond donors (Lipinski definition) is 1. The van der Waals surface area contributed by atoms with Crippen LogP contribution in [-0.4, -0.2) is 11.9 Å². The van der Waals surface area contributed by atoms with E-state index in [0.29, 0.717) is 6.04 Å². The molecule has 14 heavy (non-hydrogen) atoms. The molecule has 1 saturated carbocycles. The summed E-state index contributed by atoms with van der Waals surface area (Å²) in [5, 5.41) is 3.05. The van der Waals surface area contributed by atoms with E-state index in [1.165, 1.54) is 5.56 Å². The van der Waals surface area contributed by atoms with Crippen LogP contribution in [0.3, 0.4) is 0 Å². The lowest BCUT2D eigenvalue weighted by Crippen LogP contribution is -2.39. The molecule has 3 rings (SSSR count). The third-order valence-electron chi connectivity index (χ3n) is 3.61. The van der Waals surface area contributed by atoms with E-state index in [0.717, 1.165) is 19.3 Å². The monoisotopic (exact) mass is 187 g/mol. The Hall–Kier alpha value is -1.31. The number of amides is 1. The molecule has 2 unspecified atom stereocenters. The number of hydrogen-bond acceptors (Lipinski definition) is 1. The fourth-order valence-electron chi connectivity index (χ4n) is 2.85. The van der Waals surface area contributed by atoms with Crippen LogP contribution >= 0.6 is 0 Å². The fourth-order valence-corrected chi connectivity index (χ4v) is 2.85. The van der Waals surface area contributed by atoms with Crippen LogP contribution in [0.1, 0.15) is 24.8 Å². The lowest BCUT2D eigenvalue weighted by atomic mass is 9.79. The summed E-state index contributed by atoms with van der Waals surface area (Å²) in [6.07, 6.45) is 3.16. The second-order valence-electron chi connectivity index (χ2n) is 4.36. The van der Waals surface area contributed by atoms with Crippen molar-refractivity contribution in [3.63, 3.8) is 0 Å². The molecule has 0 aromatic heterocycles. The van der Waals surface area contributed by atoms with Gasteiger partial charge in [-0.3, -0.25) is 4.79 Å². The van der Waals surface area contributed by atoms with E-state index in [-0.39, 0.29) is 11.3 Å². The first-order chi connectivity index (χ1) is 6.81. The zero-order valence-corrected chi connectivity index (χ0v) is 7.99. The van der Waals surface area contributed by atoms with Crippen molar-refractivity contribution in [1.82, 2.24) is 5.32 Å². The predicted molar refractivity (Wildman–Crippen MR) is 53.9 cm³/mol. The minimum atomic E-state index is -0.189. The summed E-state index contributed by atoms with van der Waals surface area (Å²) >= 11 is 0. The molecule has 0 spiro atoms. The summed E-state index contributed by atoms with van der Waals surface area (Å²) in [5.41, 5.74) is 1.00. The van der Waals surface area contributed by atoms with Gasteiger partial charge in [0.15, 0.2) is 0 Å². The lowest BCUT2D eigenvalue weighted by molar-refractivity contribution is -0.125. The topological polar surface area (TPSA) is 29.1 Å². The minimum Gasteiger partial charge on any atom is -0.353 e. The van der Waals surface area contributed by atoms with Gasteiger partial charge in [-0.1, -0.05) is 30.3 Å². The van der Waals surface area contributed by atoms with Crippen molar-refractivity contribution in [1.29, 1.82) is 0 Å². The van der Waals surface area contributed by atoms with Gasteiger partial charge in [-0.15, -0.1) is 0 Å². The molecule has 2 nitrogen and oxygen atoms in total. The van der Waals surface area contributed by atoms with Crippen LogP contribution in [0, 0.1) is 0 Å². The van der Waals surface area contributed by atoms with Crippen LogP contribution in [0.15, 0.2) is 30.3 Å². The summed E-state index contributed by atoms with van der Waals surface area (Å²) in [5.74, 6) is 0.236. The Morgan fingerprint density at radius 2 is 2.07 bits per heavy atom. The highest BCUT2D eigenvalue weighted by Gasteiger charge is 2.52. The zero-order chi connectivity index (χ0) is 9.60. The standard InChI is InChI=1S/C12H13NO/c14-11-12(7-6-10(8-12)13-11)9-4-2-1-3-5-9/h1-5,10H,6-8H2,(H,13,14). The molecule has 72 valence electrons. The molecular weight excluding hydrogens is 174 g/mol. The van der Waals surface area contributed by atoms with Crippen LogP contribution < -0.4 is 5.32 Å². The molecule has 2 aliphatic rings. The Morgan fingerprint density at radius 3 is 2.64 bits per heavy atom. The summed E-state index contributed by atoms with van der Waals surface area (Å²) in [6.45, 7) is 0. The van der Waals surface area contributed by atoms with Crippen LogP contribution in [0.2, 0.25) is 0 Å². The van der Waals surface area contributed by atoms with Crippen LogP contribution in [0.4, 0.5) is 0 Å². The van der Waals surface area contributed by atoms with Crippen molar-refractivity contribution >= 4 is 5.91 Å². The normalized spacial score (nSPS) is 34.6. The minimum absolute atomic E-state index is 0.189. The Bertz CT molecular complexity index is 373. The van der Waals surface area contributed by atoms with E-state index in [9.17, 15) is 4.79 Å². The van der Waals surface area contributed by atoms with Gasteiger partial charge in [-0.2, -0.15) is 0 Å². The Balaban J connectivity index is 2.08. The Kier molecular flexibility index (Phi) is 1.49. The molecule has 1 aromatic rings. The van der Waals surface area contributed by atoms with Gasteiger partial charge in [0.1, 0.15) is 0 Å². The number of nitrogens with one attached hydrogen (secondary N) is 1. The van der Waals surface area contributed by atoms with Gasteiger partial charge < -0.3 is 5.32 Å². The highest BCUT2D eigenvalue weighted by molar-refractivity contribution is 5.91. The first-order valence-electron chi connectivity index (χ1n) is 5.18.